The predicted molar refractivity (Wildman–Crippen MR) is 139 cm³/mol. The lowest BCUT2D eigenvalue weighted by molar-refractivity contribution is -0.127. The van der Waals surface area contributed by atoms with Crippen LogP contribution in [0.15, 0.2) is 72.8 Å². The lowest BCUT2D eigenvalue weighted by Crippen LogP contribution is -2.46. The lowest BCUT2D eigenvalue weighted by Gasteiger charge is -2.32. The van der Waals surface area contributed by atoms with Crippen LogP contribution in [0.3, 0.4) is 0 Å². The molecule has 0 aliphatic carbocycles. The number of nitrogens with zero attached hydrogens (tertiary/aromatic N) is 4. The molecule has 4 aromatic rings. The van der Waals surface area contributed by atoms with Gasteiger partial charge in [0, 0.05) is 18.8 Å². The van der Waals surface area contributed by atoms with E-state index < -0.39 is 17.8 Å². The van der Waals surface area contributed by atoms with Crippen LogP contribution in [0.4, 0.5) is 10.1 Å². The van der Waals surface area contributed by atoms with Gasteiger partial charge in [0.05, 0.1) is 18.7 Å². The van der Waals surface area contributed by atoms with Gasteiger partial charge in [0.15, 0.2) is 0 Å². The number of amides is 2. The van der Waals surface area contributed by atoms with Gasteiger partial charge in [0.1, 0.15) is 29.7 Å². The van der Waals surface area contributed by atoms with Crippen LogP contribution in [0, 0.1) is 5.82 Å². The number of nitrogens with one attached hydrogen (secondary N) is 1. The number of hydrogen-bond donors (Lipinski definition) is 1. The second kappa shape index (κ2) is 11.4. The first-order valence-electron chi connectivity index (χ1n) is 12.4. The summed E-state index contributed by atoms with van der Waals surface area (Å²) in [6, 6.07) is 18.7. The van der Waals surface area contributed by atoms with Gasteiger partial charge < -0.3 is 14.8 Å². The first-order valence-corrected chi connectivity index (χ1v) is 12.4. The number of carbonyl (C=O) groups is 2. The molecular weight excluding hydrogens is 489 g/mol. The Hall–Kier alpha value is -4.31. The molecule has 2 unspecified atom stereocenters. The van der Waals surface area contributed by atoms with E-state index in [1.54, 1.807) is 37.4 Å². The molecule has 10 heteroatoms. The number of fused-ring (bicyclic) bond motifs is 1. The molecule has 0 radical (unpaired) electrons. The minimum Gasteiger partial charge on any atom is -0.497 e. The summed E-state index contributed by atoms with van der Waals surface area (Å²) in [5.41, 5.74) is 2.27. The van der Waals surface area contributed by atoms with Gasteiger partial charge >= 0.3 is 0 Å². The van der Waals surface area contributed by atoms with E-state index in [1.807, 2.05) is 18.2 Å². The molecule has 1 saturated heterocycles. The summed E-state index contributed by atoms with van der Waals surface area (Å²) in [6.07, 6.45) is 1.72. The van der Waals surface area contributed by atoms with E-state index in [2.05, 4.69) is 15.6 Å². The van der Waals surface area contributed by atoms with E-state index >= 15 is 0 Å². The van der Waals surface area contributed by atoms with Crippen LogP contribution in [-0.2, 0) is 20.9 Å². The van der Waals surface area contributed by atoms with Crippen molar-refractivity contribution in [1.82, 2.24) is 20.3 Å². The van der Waals surface area contributed by atoms with Crippen molar-refractivity contribution >= 4 is 28.5 Å². The molecule has 1 aliphatic heterocycles. The summed E-state index contributed by atoms with van der Waals surface area (Å²) in [4.78, 5) is 29.1. The van der Waals surface area contributed by atoms with Gasteiger partial charge in [-0.15, -0.1) is 5.10 Å². The highest BCUT2D eigenvalue weighted by atomic mass is 19.1. The molecule has 1 N–H and O–H groups in total. The molecule has 38 heavy (non-hydrogen) atoms. The summed E-state index contributed by atoms with van der Waals surface area (Å²) in [5, 5.41) is 11.2. The molecule has 9 nitrogen and oxygen atoms in total. The molecule has 0 saturated carbocycles. The van der Waals surface area contributed by atoms with Crippen molar-refractivity contribution in [3.05, 3.63) is 84.2 Å². The zero-order chi connectivity index (χ0) is 26.5. The first-order chi connectivity index (χ1) is 18.5. The fourth-order valence-electron chi connectivity index (χ4n) is 4.60. The second-order valence-corrected chi connectivity index (χ2v) is 9.03. The molecule has 5 rings (SSSR count). The molecule has 1 fully saturated rings. The maximum atomic E-state index is 14.0. The van der Waals surface area contributed by atoms with Crippen molar-refractivity contribution in [2.75, 3.05) is 25.2 Å². The summed E-state index contributed by atoms with van der Waals surface area (Å²) >= 11 is 0. The highest BCUT2D eigenvalue weighted by Crippen LogP contribution is 2.30. The third-order valence-electron chi connectivity index (χ3n) is 6.54. The van der Waals surface area contributed by atoms with E-state index in [4.69, 9.17) is 9.47 Å². The van der Waals surface area contributed by atoms with Crippen LogP contribution in [0.1, 0.15) is 24.4 Å². The standard InChI is InChI=1S/C28H28FN5O4/c1-37-22-14-8-19(9-15-22)27(28(36)30-17-23-5-4-16-38-23)34(21-12-10-20(29)11-13-21)26(35)18-33-25-7-3-2-6-24(25)31-32-33/h2-3,6-15,23,27H,4-5,16-18H2,1H3,(H,30,36). The monoisotopic (exact) mass is 517 g/mol. The van der Waals surface area contributed by atoms with Crippen molar-refractivity contribution in [3.63, 3.8) is 0 Å². The van der Waals surface area contributed by atoms with Crippen LogP contribution in [-0.4, -0.2) is 53.2 Å². The average Bonchev–Trinajstić information content (AvgIpc) is 3.61. The van der Waals surface area contributed by atoms with Gasteiger partial charge in [0.2, 0.25) is 11.8 Å². The Morgan fingerprint density at radius 2 is 1.89 bits per heavy atom. The smallest absolute Gasteiger partial charge is 0.249 e. The molecule has 1 aromatic heterocycles. The van der Waals surface area contributed by atoms with Crippen molar-refractivity contribution < 1.29 is 23.5 Å². The number of anilines is 1. The second-order valence-electron chi connectivity index (χ2n) is 9.03. The van der Waals surface area contributed by atoms with E-state index in [-0.39, 0.29) is 18.6 Å². The number of carbonyl (C=O) groups excluding carboxylic acids is 2. The molecule has 2 amide bonds. The Morgan fingerprint density at radius 3 is 2.61 bits per heavy atom. The number of ether oxygens (including phenoxy) is 2. The SMILES string of the molecule is COc1ccc(C(C(=O)NCC2CCCO2)N(C(=O)Cn2nnc3ccccc32)c2ccc(F)cc2)cc1. The number of methoxy groups -OCH3 is 1. The number of aromatic nitrogens is 3. The predicted octanol–water partition coefficient (Wildman–Crippen LogP) is 3.65. The molecular formula is C28H28FN5O4. The summed E-state index contributed by atoms with van der Waals surface area (Å²) in [7, 11) is 1.55. The fourth-order valence-corrected chi connectivity index (χ4v) is 4.60. The van der Waals surface area contributed by atoms with E-state index in [1.165, 1.54) is 33.8 Å². The molecule has 1 aliphatic rings. The van der Waals surface area contributed by atoms with Crippen molar-refractivity contribution in [1.29, 1.82) is 0 Å². The molecule has 2 heterocycles. The van der Waals surface area contributed by atoms with Crippen LogP contribution in [0.2, 0.25) is 0 Å². The van der Waals surface area contributed by atoms with Gasteiger partial charge in [0.25, 0.3) is 0 Å². The van der Waals surface area contributed by atoms with Gasteiger partial charge in [-0.1, -0.05) is 29.5 Å². The Bertz CT molecular complexity index is 1400. The number of benzene rings is 3. The number of rotatable bonds is 9. The molecule has 3 aromatic carbocycles. The zero-order valence-corrected chi connectivity index (χ0v) is 20.9. The Labute approximate surface area is 219 Å². The Morgan fingerprint density at radius 1 is 1.13 bits per heavy atom. The normalized spacial score (nSPS) is 15.8. The van der Waals surface area contributed by atoms with Crippen LogP contribution in [0.25, 0.3) is 11.0 Å². The Kier molecular flexibility index (Phi) is 7.60. The maximum Gasteiger partial charge on any atom is 0.249 e. The van der Waals surface area contributed by atoms with Crippen molar-refractivity contribution in [3.8, 4) is 5.75 Å². The van der Waals surface area contributed by atoms with E-state index in [0.717, 1.165) is 12.8 Å². The van der Waals surface area contributed by atoms with Gasteiger partial charge in [-0.25, -0.2) is 9.07 Å². The molecule has 0 spiro atoms. The fraction of sp³-hybridized carbons (Fsp3) is 0.286. The van der Waals surface area contributed by atoms with Gasteiger partial charge in [-0.2, -0.15) is 0 Å². The minimum absolute atomic E-state index is 0.0769. The van der Waals surface area contributed by atoms with Crippen molar-refractivity contribution in [2.45, 2.75) is 31.5 Å². The Balaban J connectivity index is 1.53. The molecule has 0 bridgehead atoms. The maximum absolute atomic E-state index is 14.0. The third-order valence-corrected chi connectivity index (χ3v) is 6.54. The quantitative estimate of drug-likeness (QED) is 0.364. The summed E-state index contributed by atoms with van der Waals surface area (Å²) in [5.74, 6) is -0.639. The molecule has 2 atom stereocenters. The number of halogens is 1. The topological polar surface area (TPSA) is 98.6 Å². The van der Waals surface area contributed by atoms with E-state index in [0.29, 0.717) is 41.2 Å². The number of para-hydroxylation sites is 1. The highest BCUT2D eigenvalue weighted by molar-refractivity contribution is 6.01. The van der Waals surface area contributed by atoms with Gasteiger partial charge in [-0.05, 0) is 66.9 Å². The first kappa shape index (κ1) is 25.3. The van der Waals surface area contributed by atoms with Gasteiger partial charge in [-0.3, -0.25) is 14.5 Å². The van der Waals surface area contributed by atoms with Crippen LogP contribution >= 0.6 is 0 Å². The van der Waals surface area contributed by atoms with Crippen LogP contribution < -0.4 is 15.0 Å². The zero-order valence-electron chi connectivity index (χ0n) is 20.9. The van der Waals surface area contributed by atoms with Crippen molar-refractivity contribution in [2.24, 2.45) is 0 Å². The largest absolute Gasteiger partial charge is 0.497 e. The van der Waals surface area contributed by atoms with Crippen LogP contribution in [0.5, 0.6) is 5.75 Å². The summed E-state index contributed by atoms with van der Waals surface area (Å²) in [6.45, 7) is 0.808. The molecule has 196 valence electrons. The highest BCUT2D eigenvalue weighted by Gasteiger charge is 2.34. The lowest BCUT2D eigenvalue weighted by atomic mass is 10.0. The number of hydrogen-bond acceptors (Lipinski definition) is 6. The third kappa shape index (κ3) is 5.50. The average molecular weight is 518 g/mol. The minimum atomic E-state index is -1.05. The summed E-state index contributed by atoms with van der Waals surface area (Å²) < 4.78 is 26.3. The van der Waals surface area contributed by atoms with E-state index in [9.17, 15) is 14.0 Å².